The number of nitrogens with one attached hydrogen (secondary N) is 1. The summed E-state index contributed by atoms with van der Waals surface area (Å²) in [6.07, 6.45) is 4.14. The Morgan fingerprint density at radius 2 is 2.22 bits per heavy atom. The first-order chi connectivity index (χ1) is 13.1. The SMILES string of the molecule is COc1c(CN2CCc3nc(-c4cccnc4)[nH]c(=O)c3C2)c(C)nn1C. The largest absolute Gasteiger partial charge is 0.481 e. The van der Waals surface area contributed by atoms with E-state index >= 15 is 0 Å². The van der Waals surface area contributed by atoms with E-state index in [9.17, 15) is 4.79 Å². The van der Waals surface area contributed by atoms with Crippen LogP contribution in [0.3, 0.4) is 0 Å². The number of ether oxygens (including phenoxy) is 1. The minimum atomic E-state index is -0.0848. The Balaban J connectivity index is 1.60. The van der Waals surface area contributed by atoms with E-state index in [2.05, 4.69) is 25.0 Å². The van der Waals surface area contributed by atoms with Gasteiger partial charge in [0.1, 0.15) is 5.82 Å². The van der Waals surface area contributed by atoms with E-state index in [0.717, 1.165) is 46.9 Å². The highest BCUT2D eigenvalue weighted by Crippen LogP contribution is 2.25. The van der Waals surface area contributed by atoms with E-state index in [1.807, 2.05) is 26.1 Å². The van der Waals surface area contributed by atoms with Crippen molar-refractivity contribution in [3.05, 3.63) is 57.4 Å². The first kappa shape index (κ1) is 17.4. The molecule has 0 saturated heterocycles. The van der Waals surface area contributed by atoms with Gasteiger partial charge in [0.25, 0.3) is 5.56 Å². The maximum Gasteiger partial charge on any atom is 0.255 e. The first-order valence-corrected chi connectivity index (χ1v) is 8.88. The van der Waals surface area contributed by atoms with Gasteiger partial charge in [-0.15, -0.1) is 0 Å². The fraction of sp³-hybridized carbons (Fsp3) is 0.368. The Morgan fingerprint density at radius 3 is 2.96 bits per heavy atom. The summed E-state index contributed by atoms with van der Waals surface area (Å²) >= 11 is 0. The Bertz CT molecular complexity index is 1020. The summed E-state index contributed by atoms with van der Waals surface area (Å²) in [6, 6.07) is 3.73. The van der Waals surface area contributed by atoms with Crippen LogP contribution >= 0.6 is 0 Å². The maximum absolute atomic E-state index is 12.7. The van der Waals surface area contributed by atoms with Crippen molar-refractivity contribution in [3.8, 4) is 17.3 Å². The molecule has 4 rings (SSSR count). The smallest absolute Gasteiger partial charge is 0.255 e. The molecule has 1 N–H and O–H groups in total. The van der Waals surface area contributed by atoms with Gasteiger partial charge >= 0.3 is 0 Å². The van der Waals surface area contributed by atoms with E-state index in [1.54, 1.807) is 24.2 Å². The Morgan fingerprint density at radius 1 is 1.37 bits per heavy atom. The van der Waals surface area contributed by atoms with Crippen LogP contribution in [0.4, 0.5) is 0 Å². The summed E-state index contributed by atoms with van der Waals surface area (Å²) in [5, 5.41) is 4.43. The topological polar surface area (TPSA) is 88.9 Å². The molecule has 0 saturated carbocycles. The van der Waals surface area contributed by atoms with Gasteiger partial charge in [0.2, 0.25) is 5.88 Å². The van der Waals surface area contributed by atoms with Gasteiger partial charge in [-0.2, -0.15) is 5.10 Å². The molecule has 0 bridgehead atoms. The molecule has 0 aromatic carbocycles. The van der Waals surface area contributed by atoms with Gasteiger partial charge < -0.3 is 9.72 Å². The van der Waals surface area contributed by atoms with Crippen LogP contribution in [0.1, 0.15) is 22.5 Å². The standard InChI is InChI=1S/C19H22N6O2/c1-12-14(19(27-3)24(2)23-12)10-25-8-6-16-15(11-25)18(26)22-17(21-16)13-5-4-7-20-9-13/h4-5,7,9H,6,8,10-11H2,1-3H3,(H,21,22,26). The molecule has 0 amide bonds. The van der Waals surface area contributed by atoms with Gasteiger partial charge in [-0.1, -0.05) is 0 Å². The zero-order chi connectivity index (χ0) is 19.0. The minimum Gasteiger partial charge on any atom is -0.481 e. The van der Waals surface area contributed by atoms with E-state index in [4.69, 9.17) is 4.74 Å². The molecule has 1 aliphatic heterocycles. The van der Waals surface area contributed by atoms with Gasteiger partial charge in [-0.3, -0.25) is 14.7 Å². The van der Waals surface area contributed by atoms with Gasteiger partial charge in [0, 0.05) is 51.1 Å². The number of aryl methyl sites for hydroxylation is 2. The van der Waals surface area contributed by atoms with Crippen LogP contribution in [-0.4, -0.2) is 43.3 Å². The predicted molar refractivity (Wildman–Crippen MR) is 100 cm³/mol. The fourth-order valence-corrected chi connectivity index (χ4v) is 3.60. The Hall–Kier alpha value is -3.00. The lowest BCUT2D eigenvalue weighted by Gasteiger charge is -2.27. The van der Waals surface area contributed by atoms with Crippen LogP contribution < -0.4 is 10.3 Å². The van der Waals surface area contributed by atoms with Crippen LogP contribution in [-0.2, 0) is 26.6 Å². The predicted octanol–water partition coefficient (Wildman–Crippen LogP) is 1.44. The molecule has 1 aliphatic rings. The van der Waals surface area contributed by atoms with Crippen molar-refractivity contribution in [1.82, 2.24) is 29.6 Å². The molecule has 8 nitrogen and oxygen atoms in total. The lowest BCUT2D eigenvalue weighted by atomic mass is 10.1. The monoisotopic (exact) mass is 366 g/mol. The number of H-pyrrole nitrogens is 1. The van der Waals surface area contributed by atoms with Crippen LogP contribution in [0.15, 0.2) is 29.3 Å². The minimum absolute atomic E-state index is 0.0848. The number of hydrogen-bond donors (Lipinski definition) is 1. The second-order valence-corrected chi connectivity index (χ2v) is 6.74. The lowest BCUT2D eigenvalue weighted by Crippen LogP contribution is -2.35. The second kappa shape index (κ2) is 6.96. The zero-order valence-corrected chi connectivity index (χ0v) is 15.7. The van der Waals surface area contributed by atoms with Crippen molar-refractivity contribution in [2.45, 2.75) is 26.4 Å². The summed E-state index contributed by atoms with van der Waals surface area (Å²) in [5.74, 6) is 1.34. The zero-order valence-electron chi connectivity index (χ0n) is 15.7. The third-order valence-electron chi connectivity index (χ3n) is 4.95. The maximum atomic E-state index is 12.7. The average molecular weight is 366 g/mol. The van der Waals surface area contributed by atoms with E-state index in [1.165, 1.54) is 0 Å². The summed E-state index contributed by atoms with van der Waals surface area (Å²) in [5.41, 5.74) is 4.33. The van der Waals surface area contributed by atoms with Crippen molar-refractivity contribution in [3.63, 3.8) is 0 Å². The third kappa shape index (κ3) is 3.23. The molecule has 8 heteroatoms. The van der Waals surface area contributed by atoms with Crippen molar-refractivity contribution < 1.29 is 4.74 Å². The molecule has 4 heterocycles. The second-order valence-electron chi connectivity index (χ2n) is 6.74. The highest BCUT2D eigenvalue weighted by molar-refractivity contribution is 5.53. The van der Waals surface area contributed by atoms with E-state index in [-0.39, 0.29) is 5.56 Å². The molecule has 27 heavy (non-hydrogen) atoms. The highest BCUT2D eigenvalue weighted by Gasteiger charge is 2.24. The number of aromatic nitrogens is 5. The number of fused-ring (bicyclic) bond motifs is 1. The van der Waals surface area contributed by atoms with Gasteiger partial charge in [0.15, 0.2) is 0 Å². The molecule has 0 atom stereocenters. The molecule has 0 spiro atoms. The molecule has 0 radical (unpaired) electrons. The Kier molecular flexibility index (Phi) is 4.49. The summed E-state index contributed by atoms with van der Waals surface area (Å²) in [6.45, 7) is 4.05. The number of pyridine rings is 1. The first-order valence-electron chi connectivity index (χ1n) is 8.88. The summed E-state index contributed by atoms with van der Waals surface area (Å²) < 4.78 is 7.23. The van der Waals surface area contributed by atoms with Crippen molar-refractivity contribution >= 4 is 0 Å². The summed E-state index contributed by atoms with van der Waals surface area (Å²) in [7, 11) is 3.52. The summed E-state index contributed by atoms with van der Waals surface area (Å²) in [4.78, 5) is 26.6. The number of aromatic amines is 1. The van der Waals surface area contributed by atoms with E-state index in [0.29, 0.717) is 18.9 Å². The van der Waals surface area contributed by atoms with E-state index < -0.39 is 0 Å². The molecule has 0 unspecified atom stereocenters. The number of rotatable bonds is 4. The Labute approximate surface area is 156 Å². The van der Waals surface area contributed by atoms with Crippen molar-refractivity contribution in [2.24, 2.45) is 7.05 Å². The molecule has 0 fully saturated rings. The quantitative estimate of drug-likeness (QED) is 0.752. The molecule has 140 valence electrons. The molecule has 3 aromatic heterocycles. The van der Waals surface area contributed by atoms with Crippen LogP contribution in [0.5, 0.6) is 5.88 Å². The highest BCUT2D eigenvalue weighted by atomic mass is 16.5. The fourth-order valence-electron chi connectivity index (χ4n) is 3.60. The molecule has 0 aliphatic carbocycles. The van der Waals surface area contributed by atoms with Gasteiger partial charge in [-0.05, 0) is 19.1 Å². The van der Waals surface area contributed by atoms with Crippen molar-refractivity contribution in [1.29, 1.82) is 0 Å². The van der Waals surface area contributed by atoms with Crippen LogP contribution in [0.2, 0.25) is 0 Å². The number of methoxy groups -OCH3 is 1. The van der Waals surface area contributed by atoms with Gasteiger partial charge in [-0.25, -0.2) is 9.67 Å². The molecular weight excluding hydrogens is 344 g/mol. The third-order valence-corrected chi connectivity index (χ3v) is 4.95. The molecular formula is C19H22N6O2. The average Bonchev–Trinajstić information content (AvgIpc) is 2.95. The van der Waals surface area contributed by atoms with Crippen LogP contribution in [0.25, 0.3) is 11.4 Å². The van der Waals surface area contributed by atoms with Crippen molar-refractivity contribution in [2.75, 3.05) is 13.7 Å². The normalized spacial score (nSPS) is 14.2. The van der Waals surface area contributed by atoms with Crippen LogP contribution in [0, 0.1) is 6.92 Å². The lowest BCUT2D eigenvalue weighted by molar-refractivity contribution is 0.237. The molecule has 3 aromatic rings. The number of hydrogen-bond acceptors (Lipinski definition) is 6. The number of nitrogens with zero attached hydrogens (tertiary/aromatic N) is 5. The van der Waals surface area contributed by atoms with Gasteiger partial charge in [0.05, 0.1) is 29.6 Å².